The predicted octanol–water partition coefficient (Wildman–Crippen LogP) is 0.920. The van der Waals surface area contributed by atoms with Crippen molar-refractivity contribution in [2.24, 2.45) is 0 Å². The zero-order valence-corrected chi connectivity index (χ0v) is 10.0. The van der Waals surface area contributed by atoms with Gasteiger partial charge in [-0.15, -0.1) is 0 Å². The van der Waals surface area contributed by atoms with Gasteiger partial charge in [0.05, 0.1) is 0 Å². The number of rotatable bonds is 2. The summed E-state index contributed by atoms with van der Waals surface area (Å²) < 4.78 is 5.62. The van der Waals surface area contributed by atoms with Gasteiger partial charge in [0.15, 0.2) is 0 Å². The molecule has 4 nitrogen and oxygen atoms in total. The van der Waals surface area contributed by atoms with Gasteiger partial charge >= 0.3 is 96.5 Å². The normalized spacial score (nSPS) is 9.13. The Morgan fingerprint density at radius 2 is 2.40 bits per heavy atom. The Labute approximate surface area is 96.7 Å². The van der Waals surface area contributed by atoms with Crippen LogP contribution in [0, 0.1) is 11.3 Å². The second-order valence-electron chi connectivity index (χ2n) is 2.69. The topological polar surface area (TPSA) is 62.1 Å². The van der Waals surface area contributed by atoms with Crippen molar-refractivity contribution in [2.45, 2.75) is 6.92 Å². The number of carbonyl (C=O) groups is 1. The van der Waals surface area contributed by atoms with E-state index in [0.717, 1.165) is 4.35 Å². The van der Waals surface area contributed by atoms with E-state index >= 15 is 0 Å². The number of nitrogens with one attached hydrogen (secondary N) is 1. The van der Waals surface area contributed by atoms with Crippen molar-refractivity contribution in [2.75, 3.05) is 11.9 Å². The molecule has 0 saturated carbocycles. The Morgan fingerprint density at radius 3 is 3.00 bits per heavy atom. The van der Waals surface area contributed by atoms with E-state index in [0.29, 0.717) is 17.9 Å². The third-order valence-corrected chi connectivity index (χ3v) is 2.22. The minimum atomic E-state index is -0.549. The summed E-state index contributed by atoms with van der Waals surface area (Å²) in [4.78, 5) is 11.1. The van der Waals surface area contributed by atoms with Crippen LogP contribution in [0.2, 0.25) is 0 Å². The summed E-state index contributed by atoms with van der Waals surface area (Å²) in [5.41, 5.74) is 0.881. The number of anilines is 1. The number of nitrogens with zero attached hydrogens (tertiary/aromatic N) is 1. The van der Waals surface area contributed by atoms with Crippen molar-refractivity contribution in [1.82, 2.24) is 0 Å². The first kappa shape index (κ1) is 11.6. The summed E-state index contributed by atoms with van der Waals surface area (Å²) in [6.07, 6.45) is -0.549. The maximum absolute atomic E-state index is 11.1. The SMILES string of the molecule is CCOC(=O)Nc1ccc([As])cc1C#N. The molecule has 15 heavy (non-hydrogen) atoms. The van der Waals surface area contributed by atoms with Crippen LogP contribution in [0.4, 0.5) is 10.5 Å². The molecule has 0 unspecified atom stereocenters. The average molecular weight is 264 g/mol. The van der Waals surface area contributed by atoms with Crippen molar-refractivity contribution in [3.63, 3.8) is 0 Å². The molecule has 0 heterocycles. The first-order valence-corrected chi connectivity index (χ1v) is 5.28. The van der Waals surface area contributed by atoms with E-state index in [1.54, 1.807) is 25.1 Å². The monoisotopic (exact) mass is 264 g/mol. The summed E-state index contributed by atoms with van der Waals surface area (Å²) in [6.45, 7) is 2.02. The molecule has 1 rings (SSSR count). The van der Waals surface area contributed by atoms with Crippen LogP contribution in [-0.2, 0) is 4.74 Å². The minimum absolute atomic E-state index is 0.302. The second-order valence-corrected chi connectivity index (χ2v) is 3.77. The van der Waals surface area contributed by atoms with Crippen LogP contribution < -0.4 is 9.67 Å². The van der Waals surface area contributed by atoms with Crippen molar-refractivity contribution >= 4 is 33.0 Å². The molecule has 0 aliphatic heterocycles. The van der Waals surface area contributed by atoms with Crippen molar-refractivity contribution in [1.29, 1.82) is 5.26 Å². The van der Waals surface area contributed by atoms with Gasteiger partial charge in [-0.25, -0.2) is 0 Å². The van der Waals surface area contributed by atoms with Gasteiger partial charge < -0.3 is 0 Å². The summed E-state index contributed by atoms with van der Waals surface area (Å²) in [7, 11) is 0. The fourth-order valence-corrected chi connectivity index (χ4v) is 1.44. The van der Waals surface area contributed by atoms with Crippen LogP contribution in [0.1, 0.15) is 12.5 Å². The molecule has 0 saturated heterocycles. The number of benzene rings is 1. The van der Waals surface area contributed by atoms with Crippen LogP contribution in [-0.4, -0.2) is 29.6 Å². The molecule has 1 aromatic carbocycles. The number of nitriles is 1. The number of amides is 1. The van der Waals surface area contributed by atoms with E-state index in [4.69, 9.17) is 10.00 Å². The van der Waals surface area contributed by atoms with Gasteiger partial charge in [0.1, 0.15) is 0 Å². The molecular formula is C10H9AsN2O2. The average Bonchev–Trinajstić information content (AvgIpc) is 2.21. The Balaban J connectivity index is 2.86. The van der Waals surface area contributed by atoms with Gasteiger partial charge in [0.2, 0.25) is 0 Å². The molecule has 1 N–H and O–H groups in total. The maximum atomic E-state index is 11.1. The standard InChI is InChI=1S/C10H9AsN2O2/c1-2-15-10(14)13-9-4-3-8(11)5-7(9)6-12/h3-5H,2H2,1H3,(H,13,14). The molecule has 1 aromatic rings. The van der Waals surface area contributed by atoms with E-state index in [-0.39, 0.29) is 0 Å². The van der Waals surface area contributed by atoms with Crippen LogP contribution in [0.15, 0.2) is 18.2 Å². The molecule has 0 aliphatic carbocycles. The number of hydrogen-bond donors (Lipinski definition) is 1. The number of hydrogen-bond acceptors (Lipinski definition) is 3. The first-order chi connectivity index (χ1) is 7.17. The Bertz CT molecular complexity index is 412. The molecule has 0 atom stereocenters. The van der Waals surface area contributed by atoms with Gasteiger partial charge in [-0.3, -0.25) is 0 Å². The zero-order chi connectivity index (χ0) is 11.3. The van der Waals surface area contributed by atoms with Gasteiger partial charge in [0.25, 0.3) is 0 Å². The van der Waals surface area contributed by atoms with E-state index in [2.05, 4.69) is 22.2 Å². The molecule has 1 amide bonds. The molecule has 0 aliphatic rings. The van der Waals surface area contributed by atoms with Crippen molar-refractivity contribution in [3.8, 4) is 6.07 Å². The molecule has 0 fully saturated rings. The molecular weight excluding hydrogens is 255 g/mol. The van der Waals surface area contributed by atoms with Gasteiger partial charge in [-0.2, -0.15) is 0 Å². The van der Waals surface area contributed by atoms with Crippen LogP contribution >= 0.6 is 0 Å². The van der Waals surface area contributed by atoms with E-state index in [9.17, 15) is 4.79 Å². The fraction of sp³-hybridized carbons (Fsp3) is 0.200. The third-order valence-electron chi connectivity index (χ3n) is 1.64. The third kappa shape index (κ3) is 3.30. The molecule has 76 valence electrons. The second kappa shape index (κ2) is 5.43. The Morgan fingerprint density at radius 1 is 1.67 bits per heavy atom. The zero-order valence-electron chi connectivity index (χ0n) is 8.15. The molecule has 0 spiro atoms. The molecule has 0 bridgehead atoms. The summed E-state index contributed by atoms with van der Waals surface area (Å²) >= 11 is 2.34. The predicted molar refractivity (Wildman–Crippen MR) is 57.2 cm³/mol. The van der Waals surface area contributed by atoms with E-state index in [1.165, 1.54) is 0 Å². The Kier molecular flexibility index (Phi) is 4.20. The van der Waals surface area contributed by atoms with Gasteiger partial charge in [0, 0.05) is 0 Å². The summed E-state index contributed by atoms with van der Waals surface area (Å²) in [5.74, 6) is 0. The quantitative estimate of drug-likeness (QED) is 0.808. The van der Waals surface area contributed by atoms with Gasteiger partial charge in [-0.1, -0.05) is 0 Å². The van der Waals surface area contributed by atoms with Crippen molar-refractivity contribution < 1.29 is 9.53 Å². The van der Waals surface area contributed by atoms with Crippen molar-refractivity contribution in [3.05, 3.63) is 23.8 Å². The number of ether oxygens (including phenoxy) is 1. The number of carbonyl (C=O) groups excluding carboxylic acids is 1. The Hall–Kier alpha value is -1.46. The molecule has 5 heteroatoms. The summed E-state index contributed by atoms with van der Waals surface area (Å²) in [6, 6.07) is 7.15. The van der Waals surface area contributed by atoms with Crippen LogP contribution in [0.5, 0.6) is 0 Å². The van der Waals surface area contributed by atoms with E-state index < -0.39 is 6.09 Å². The van der Waals surface area contributed by atoms with E-state index in [1.807, 2.05) is 6.07 Å². The first-order valence-electron chi connectivity index (χ1n) is 4.34. The molecule has 2 radical (unpaired) electrons. The summed E-state index contributed by atoms with van der Waals surface area (Å²) in [5, 5.41) is 11.3. The van der Waals surface area contributed by atoms with Gasteiger partial charge in [-0.05, 0) is 0 Å². The van der Waals surface area contributed by atoms with Crippen LogP contribution in [0.3, 0.4) is 0 Å². The fourth-order valence-electron chi connectivity index (χ4n) is 1.01. The molecule has 0 aromatic heterocycles. The van der Waals surface area contributed by atoms with Crippen LogP contribution in [0.25, 0.3) is 0 Å².